The number of amides is 1. The van der Waals surface area contributed by atoms with E-state index in [4.69, 9.17) is 23.2 Å². The van der Waals surface area contributed by atoms with Gasteiger partial charge in [-0.2, -0.15) is 0 Å². The highest BCUT2D eigenvalue weighted by Gasteiger charge is 2.18. The van der Waals surface area contributed by atoms with Gasteiger partial charge in [0.1, 0.15) is 5.38 Å². The Bertz CT molecular complexity index is 483. The standard InChI is InChI=1S/C15H20Cl2N2O/c1-10-5-7-19(8-6-10)14-4-3-12(9-13(14)17)18-15(20)11(2)16/h3-4,9-11H,5-8H2,1-2H3,(H,18,20)/t11-/m0/s1. The quantitative estimate of drug-likeness (QED) is 0.850. The zero-order valence-corrected chi connectivity index (χ0v) is 13.3. The van der Waals surface area contributed by atoms with Gasteiger partial charge in [-0.05, 0) is 43.9 Å². The highest BCUT2D eigenvalue weighted by molar-refractivity contribution is 6.34. The zero-order chi connectivity index (χ0) is 14.7. The SMILES string of the molecule is CC1CCN(c2ccc(NC(=O)[C@H](C)Cl)cc2Cl)CC1. The van der Waals surface area contributed by atoms with E-state index >= 15 is 0 Å². The molecule has 0 radical (unpaired) electrons. The number of carbonyl (C=O) groups excluding carboxylic acids is 1. The summed E-state index contributed by atoms with van der Waals surface area (Å²) in [5.41, 5.74) is 1.72. The number of carbonyl (C=O) groups is 1. The van der Waals surface area contributed by atoms with Gasteiger partial charge < -0.3 is 10.2 Å². The third kappa shape index (κ3) is 3.80. The van der Waals surface area contributed by atoms with Gasteiger partial charge in [-0.1, -0.05) is 18.5 Å². The number of nitrogens with zero attached hydrogens (tertiary/aromatic N) is 1. The minimum absolute atomic E-state index is 0.220. The van der Waals surface area contributed by atoms with Crippen molar-refractivity contribution in [3.63, 3.8) is 0 Å². The van der Waals surface area contributed by atoms with Gasteiger partial charge in [0.05, 0.1) is 10.7 Å². The Hall–Kier alpha value is -0.930. The average molecular weight is 315 g/mol. The van der Waals surface area contributed by atoms with Crippen molar-refractivity contribution in [2.24, 2.45) is 5.92 Å². The predicted octanol–water partition coefficient (Wildman–Crippen LogP) is 4.14. The van der Waals surface area contributed by atoms with Crippen LogP contribution in [-0.2, 0) is 4.79 Å². The molecular weight excluding hydrogens is 295 g/mol. The van der Waals surface area contributed by atoms with Crippen LogP contribution in [0.25, 0.3) is 0 Å². The van der Waals surface area contributed by atoms with Gasteiger partial charge in [0.25, 0.3) is 0 Å². The fourth-order valence-corrected chi connectivity index (χ4v) is 2.69. The van der Waals surface area contributed by atoms with Crippen LogP contribution in [0, 0.1) is 5.92 Å². The minimum atomic E-state index is -0.558. The predicted molar refractivity (Wildman–Crippen MR) is 86.0 cm³/mol. The highest BCUT2D eigenvalue weighted by Crippen LogP contribution is 2.31. The number of nitrogens with one attached hydrogen (secondary N) is 1. The smallest absolute Gasteiger partial charge is 0.242 e. The van der Waals surface area contributed by atoms with E-state index < -0.39 is 5.38 Å². The lowest BCUT2D eigenvalue weighted by atomic mass is 9.99. The summed E-state index contributed by atoms with van der Waals surface area (Å²) < 4.78 is 0. The van der Waals surface area contributed by atoms with Crippen molar-refractivity contribution < 1.29 is 4.79 Å². The number of rotatable bonds is 3. The summed E-state index contributed by atoms with van der Waals surface area (Å²) in [6, 6.07) is 5.62. The van der Waals surface area contributed by atoms with Crippen molar-refractivity contribution in [3.8, 4) is 0 Å². The molecule has 1 aliphatic rings. The van der Waals surface area contributed by atoms with Crippen molar-refractivity contribution >= 4 is 40.5 Å². The molecule has 20 heavy (non-hydrogen) atoms. The van der Waals surface area contributed by atoms with Crippen LogP contribution in [-0.4, -0.2) is 24.4 Å². The van der Waals surface area contributed by atoms with Gasteiger partial charge >= 0.3 is 0 Å². The summed E-state index contributed by atoms with van der Waals surface area (Å²) in [7, 11) is 0. The molecule has 2 rings (SSSR count). The van der Waals surface area contributed by atoms with Crippen LogP contribution in [0.1, 0.15) is 26.7 Å². The Morgan fingerprint density at radius 1 is 1.40 bits per heavy atom. The zero-order valence-electron chi connectivity index (χ0n) is 11.8. The van der Waals surface area contributed by atoms with Crippen LogP contribution >= 0.6 is 23.2 Å². The largest absolute Gasteiger partial charge is 0.370 e. The molecule has 0 saturated carbocycles. The van der Waals surface area contributed by atoms with Gasteiger partial charge in [0.15, 0.2) is 0 Å². The van der Waals surface area contributed by atoms with E-state index in [-0.39, 0.29) is 5.91 Å². The number of halogens is 2. The molecule has 1 fully saturated rings. The minimum Gasteiger partial charge on any atom is -0.370 e. The first-order valence-corrected chi connectivity index (χ1v) is 7.78. The monoisotopic (exact) mass is 314 g/mol. The lowest BCUT2D eigenvalue weighted by molar-refractivity contribution is -0.115. The van der Waals surface area contributed by atoms with Crippen molar-refractivity contribution in [2.75, 3.05) is 23.3 Å². The van der Waals surface area contributed by atoms with Crippen LogP contribution < -0.4 is 10.2 Å². The average Bonchev–Trinajstić information content (AvgIpc) is 2.40. The molecule has 1 aromatic rings. The second-order valence-electron chi connectivity index (χ2n) is 5.44. The Balaban J connectivity index is 2.08. The van der Waals surface area contributed by atoms with E-state index in [1.54, 1.807) is 13.0 Å². The molecule has 1 aromatic carbocycles. The topological polar surface area (TPSA) is 32.3 Å². The molecule has 3 nitrogen and oxygen atoms in total. The molecule has 5 heteroatoms. The Labute approximate surface area is 130 Å². The van der Waals surface area contributed by atoms with Gasteiger partial charge in [0, 0.05) is 18.8 Å². The molecule has 1 saturated heterocycles. The van der Waals surface area contributed by atoms with E-state index in [1.807, 2.05) is 12.1 Å². The Kier molecular flexibility index (Phi) is 5.17. The number of piperidine rings is 1. The summed E-state index contributed by atoms with van der Waals surface area (Å²) >= 11 is 12.1. The normalized spacial score (nSPS) is 17.9. The molecule has 0 bridgehead atoms. The van der Waals surface area contributed by atoms with Crippen molar-refractivity contribution in [2.45, 2.75) is 32.1 Å². The molecule has 0 spiro atoms. The van der Waals surface area contributed by atoms with Crippen LogP contribution in [0.3, 0.4) is 0 Å². The number of hydrogen-bond donors (Lipinski definition) is 1. The van der Waals surface area contributed by atoms with E-state index in [9.17, 15) is 4.79 Å². The van der Waals surface area contributed by atoms with E-state index in [0.29, 0.717) is 10.7 Å². The molecule has 1 N–H and O–H groups in total. The van der Waals surface area contributed by atoms with Crippen LogP contribution in [0.5, 0.6) is 0 Å². The van der Waals surface area contributed by atoms with Crippen LogP contribution in [0.2, 0.25) is 5.02 Å². The first-order valence-electron chi connectivity index (χ1n) is 6.97. The first-order chi connectivity index (χ1) is 9.47. The summed E-state index contributed by atoms with van der Waals surface area (Å²) in [6.45, 7) is 5.99. The number of benzene rings is 1. The third-order valence-electron chi connectivity index (χ3n) is 3.70. The van der Waals surface area contributed by atoms with E-state index in [0.717, 1.165) is 24.7 Å². The Morgan fingerprint density at radius 2 is 2.05 bits per heavy atom. The molecule has 0 unspecified atom stereocenters. The van der Waals surface area contributed by atoms with Crippen molar-refractivity contribution in [1.29, 1.82) is 0 Å². The van der Waals surface area contributed by atoms with Gasteiger partial charge in [-0.25, -0.2) is 0 Å². The van der Waals surface area contributed by atoms with Gasteiger partial charge in [0.2, 0.25) is 5.91 Å². The summed E-state index contributed by atoms with van der Waals surface area (Å²) in [5, 5.41) is 2.85. The lowest BCUT2D eigenvalue weighted by Crippen LogP contribution is -2.32. The van der Waals surface area contributed by atoms with E-state index in [2.05, 4.69) is 17.1 Å². The molecule has 0 aliphatic carbocycles. The van der Waals surface area contributed by atoms with Gasteiger partial charge in [-0.3, -0.25) is 4.79 Å². The molecule has 0 aromatic heterocycles. The van der Waals surface area contributed by atoms with Crippen LogP contribution in [0.4, 0.5) is 11.4 Å². The fourth-order valence-electron chi connectivity index (χ4n) is 2.33. The number of hydrogen-bond acceptors (Lipinski definition) is 2. The van der Waals surface area contributed by atoms with Gasteiger partial charge in [-0.15, -0.1) is 11.6 Å². The molecular formula is C15H20Cl2N2O. The second-order valence-corrected chi connectivity index (χ2v) is 6.50. The van der Waals surface area contributed by atoms with E-state index in [1.165, 1.54) is 12.8 Å². The molecule has 1 atom stereocenters. The van der Waals surface area contributed by atoms with Crippen LogP contribution in [0.15, 0.2) is 18.2 Å². The Morgan fingerprint density at radius 3 is 2.60 bits per heavy atom. The summed E-state index contributed by atoms with van der Waals surface area (Å²) in [5.74, 6) is 0.566. The fraction of sp³-hybridized carbons (Fsp3) is 0.533. The summed E-state index contributed by atoms with van der Waals surface area (Å²) in [6.07, 6.45) is 2.39. The second kappa shape index (κ2) is 6.68. The molecule has 1 heterocycles. The molecule has 1 amide bonds. The molecule has 110 valence electrons. The maximum absolute atomic E-state index is 11.5. The highest BCUT2D eigenvalue weighted by atomic mass is 35.5. The first kappa shape index (κ1) is 15.5. The van der Waals surface area contributed by atoms with Crippen molar-refractivity contribution in [3.05, 3.63) is 23.2 Å². The number of alkyl halides is 1. The van der Waals surface area contributed by atoms with Crippen molar-refractivity contribution in [1.82, 2.24) is 0 Å². The lowest BCUT2D eigenvalue weighted by Gasteiger charge is -2.32. The summed E-state index contributed by atoms with van der Waals surface area (Å²) in [4.78, 5) is 13.9. The molecule has 1 aliphatic heterocycles. The maximum atomic E-state index is 11.5. The number of anilines is 2. The third-order valence-corrected chi connectivity index (χ3v) is 4.20. The maximum Gasteiger partial charge on any atom is 0.242 e.